The molecule has 0 unspecified atom stereocenters. The second-order valence-corrected chi connectivity index (χ2v) is 13.3. The van der Waals surface area contributed by atoms with Crippen LogP contribution in [0, 0.1) is 0 Å². The second-order valence-electron chi connectivity index (χ2n) is 12.3. The van der Waals surface area contributed by atoms with Crippen LogP contribution in [0.1, 0.15) is 61.0 Å². The van der Waals surface area contributed by atoms with E-state index in [0.29, 0.717) is 11.6 Å². The molecule has 1 aliphatic heterocycles. The molecule has 7 nitrogen and oxygen atoms in total. The van der Waals surface area contributed by atoms with Gasteiger partial charge >= 0.3 is 6.09 Å². The summed E-state index contributed by atoms with van der Waals surface area (Å²) in [6.45, 7) is 11.0. The van der Waals surface area contributed by atoms with Gasteiger partial charge in [0.2, 0.25) is 0 Å². The van der Waals surface area contributed by atoms with Crippen LogP contribution in [0.3, 0.4) is 0 Å². The molecule has 1 amide bonds. The van der Waals surface area contributed by atoms with Crippen LogP contribution in [0.25, 0.3) is 21.3 Å². The van der Waals surface area contributed by atoms with Crippen LogP contribution in [0.15, 0.2) is 60.1 Å². The molecule has 2 fully saturated rings. The summed E-state index contributed by atoms with van der Waals surface area (Å²) in [5, 5.41) is 6.04. The van der Waals surface area contributed by atoms with E-state index in [0.717, 1.165) is 79.2 Å². The van der Waals surface area contributed by atoms with E-state index in [-0.39, 0.29) is 12.2 Å². The normalized spacial score (nSPS) is 16.1. The summed E-state index contributed by atoms with van der Waals surface area (Å²) in [6.07, 6.45) is 4.13. The number of thiophene rings is 1. The molecular formula is C34H39N3O4S. The number of fused-ring (bicyclic) bond motifs is 1. The lowest BCUT2D eigenvalue weighted by Gasteiger charge is -2.26. The Morgan fingerprint density at radius 2 is 1.86 bits per heavy atom. The maximum absolute atomic E-state index is 13.9. The molecule has 2 aromatic heterocycles. The molecule has 3 heterocycles. The lowest BCUT2D eigenvalue weighted by atomic mass is 9.95. The first-order valence-electron chi connectivity index (χ1n) is 14.9. The molecular weight excluding hydrogens is 546 g/mol. The third-order valence-corrected chi connectivity index (χ3v) is 8.81. The number of hydrogen-bond donors (Lipinski definition) is 1. The maximum atomic E-state index is 13.9. The summed E-state index contributed by atoms with van der Waals surface area (Å²) in [7, 11) is 0. The van der Waals surface area contributed by atoms with Gasteiger partial charge in [-0.25, -0.2) is 4.79 Å². The minimum absolute atomic E-state index is 0.0374. The van der Waals surface area contributed by atoms with Gasteiger partial charge in [0.05, 0.1) is 18.7 Å². The highest BCUT2D eigenvalue weighted by Crippen LogP contribution is 2.44. The summed E-state index contributed by atoms with van der Waals surface area (Å²) in [5.41, 5.74) is 5.03. The number of benzene rings is 2. The molecule has 1 saturated heterocycles. The average molecular weight is 586 g/mol. The first kappa shape index (κ1) is 28.6. The Balaban J connectivity index is 1.27. The predicted octanol–water partition coefficient (Wildman–Crippen LogP) is 7.35. The molecule has 42 heavy (non-hydrogen) atoms. The lowest BCUT2D eigenvalue weighted by molar-refractivity contribution is 0.0365. The van der Waals surface area contributed by atoms with Gasteiger partial charge in [0.1, 0.15) is 5.60 Å². The van der Waals surface area contributed by atoms with Gasteiger partial charge in [0.15, 0.2) is 5.78 Å². The van der Waals surface area contributed by atoms with Crippen molar-refractivity contribution in [3.05, 3.63) is 76.8 Å². The van der Waals surface area contributed by atoms with Gasteiger partial charge in [-0.2, -0.15) is 0 Å². The van der Waals surface area contributed by atoms with Gasteiger partial charge in [-0.05, 0) is 98.0 Å². The monoisotopic (exact) mass is 585 g/mol. The summed E-state index contributed by atoms with van der Waals surface area (Å²) < 4.78 is 13.4. The topological polar surface area (TPSA) is 72.8 Å². The molecule has 0 spiro atoms. The minimum atomic E-state index is -0.621. The number of amides is 1. The summed E-state index contributed by atoms with van der Waals surface area (Å²) in [6, 6.07) is 16.2. The molecule has 0 atom stereocenters. The highest BCUT2D eigenvalue weighted by Gasteiger charge is 2.28. The Hall–Kier alpha value is -3.46. The molecule has 220 valence electrons. The number of morpholine rings is 1. The zero-order chi connectivity index (χ0) is 29.3. The van der Waals surface area contributed by atoms with Gasteiger partial charge in [-0.1, -0.05) is 12.1 Å². The number of carbonyl (C=O) groups is 2. The average Bonchev–Trinajstić information content (AvgIpc) is 3.49. The molecule has 1 saturated carbocycles. The number of nitrogens with zero attached hydrogens (tertiary/aromatic N) is 2. The fraction of sp³-hybridized carbons (Fsp3) is 0.412. The van der Waals surface area contributed by atoms with Crippen molar-refractivity contribution in [2.75, 3.05) is 38.2 Å². The van der Waals surface area contributed by atoms with E-state index in [4.69, 9.17) is 9.47 Å². The van der Waals surface area contributed by atoms with E-state index in [2.05, 4.69) is 39.2 Å². The number of hydrogen-bond acceptors (Lipinski definition) is 6. The van der Waals surface area contributed by atoms with Gasteiger partial charge in [-0.3, -0.25) is 15.0 Å². The van der Waals surface area contributed by atoms with Crippen LogP contribution in [0.4, 0.5) is 10.5 Å². The maximum Gasteiger partial charge on any atom is 0.412 e. The van der Waals surface area contributed by atoms with E-state index in [9.17, 15) is 9.59 Å². The van der Waals surface area contributed by atoms with Crippen molar-refractivity contribution >= 4 is 39.8 Å². The highest BCUT2D eigenvalue weighted by atomic mass is 32.1. The molecule has 4 aromatic rings. The van der Waals surface area contributed by atoms with E-state index in [1.165, 1.54) is 11.1 Å². The van der Waals surface area contributed by atoms with Gasteiger partial charge in [0.25, 0.3) is 0 Å². The number of anilines is 1. The van der Waals surface area contributed by atoms with Gasteiger partial charge < -0.3 is 14.0 Å². The molecule has 8 heteroatoms. The van der Waals surface area contributed by atoms with Crippen molar-refractivity contribution in [1.82, 2.24) is 9.47 Å². The van der Waals surface area contributed by atoms with Crippen molar-refractivity contribution in [3.8, 4) is 10.4 Å². The van der Waals surface area contributed by atoms with Crippen molar-refractivity contribution in [2.45, 2.75) is 58.1 Å². The molecule has 0 bridgehead atoms. The number of aromatic nitrogens is 1. The minimum Gasteiger partial charge on any atom is -0.444 e. The number of ketones is 1. The Kier molecular flexibility index (Phi) is 8.21. The Labute approximate surface area is 251 Å². The highest BCUT2D eigenvalue weighted by molar-refractivity contribution is 7.13. The lowest BCUT2D eigenvalue weighted by Crippen LogP contribution is -2.38. The first-order chi connectivity index (χ1) is 20.2. The van der Waals surface area contributed by atoms with Gasteiger partial charge in [0, 0.05) is 60.3 Å². The van der Waals surface area contributed by atoms with Crippen LogP contribution in [0.2, 0.25) is 0 Å². The molecule has 2 aliphatic rings. The predicted molar refractivity (Wildman–Crippen MR) is 169 cm³/mol. The third kappa shape index (κ3) is 6.77. The number of rotatable bonds is 9. The Bertz CT molecular complexity index is 1570. The first-order valence-corrected chi connectivity index (χ1v) is 15.7. The molecule has 0 radical (unpaired) electrons. The van der Waals surface area contributed by atoms with Crippen molar-refractivity contribution in [1.29, 1.82) is 0 Å². The van der Waals surface area contributed by atoms with E-state index in [1.54, 1.807) is 11.3 Å². The van der Waals surface area contributed by atoms with E-state index >= 15 is 0 Å². The third-order valence-electron chi connectivity index (χ3n) is 7.89. The van der Waals surface area contributed by atoms with Crippen molar-refractivity contribution < 1.29 is 19.1 Å². The van der Waals surface area contributed by atoms with Crippen LogP contribution < -0.4 is 5.32 Å². The number of ether oxygens (including phenoxy) is 2. The molecule has 6 rings (SSSR count). The summed E-state index contributed by atoms with van der Waals surface area (Å²) in [5.74, 6) is 0.541. The number of carbonyl (C=O) groups excluding carboxylic acids is 2. The van der Waals surface area contributed by atoms with Crippen molar-refractivity contribution in [3.63, 3.8) is 0 Å². The summed E-state index contributed by atoms with van der Waals surface area (Å²) >= 11 is 1.65. The van der Waals surface area contributed by atoms with Crippen LogP contribution >= 0.6 is 11.3 Å². The fourth-order valence-corrected chi connectivity index (χ4v) is 6.38. The van der Waals surface area contributed by atoms with Crippen LogP contribution in [-0.2, 0) is 22.4 Å². The van der Waals surface area contributed by atoms with Crippen LogP contribution in [-0.4, -0.2) is 59.8 Å². The second kappa shape index (κ2) is 12.0. The molecule has 1 N–H and O–H groups in total. The standard InChI is InChI=1S/C34H39N3O4S/c1-34(2,3)41-33(39)35-29-9-8-24(31-5-4-18-42-31)19-26(29)22-30(38)27-20-25-10-11-37(13-12-36-14-16-40-17-15-36)32(25)28(21-27)23-6-7-23/h4-5,8-11,18-21,23H,6-7,12-17,22H2,1-3H3,(H,35,39). The largest absolute Gasteiger partial charge is 0.444 e. The fourth-order valence-electron chi connectivity index (χ4n) is 5.66. The van der Waals surface area contributed by atoms with E-state index in [1.807, 2.05) is 56.5 Å². The number of Topliss-reactive ketones (excluding diaryl/α,β-unsaturated/α-hetero) is 1. The number of nitrogens with one attached hydrogen (secondary N) is 1. The smallest absolute Gasteiger partial charge is 0.412 e. The Morgan fingerprint density at radius 3 is 2.57 bits per heavy atom. The quantitative estimate of drug-likeness (QED) is 0.208. The molecule has 1 aliphatic carbocycles. The summed E-state index contributed by atoms with van der Waals surface area (Å²) in [4.78, 5) is 30.1. The van der Waals surface area contributed by atoms with Crippen LogP contribution in [0.5, 0.6) is 0 Å². The van der Waals surface area contributed by atoms with Gasteiger partial charge in [-0.15, -0.1) is 11.3 Å². The molecule has 2 aromatic carbocycles. The van der Waals surface area contributed by atoms with E-state index < -0.39 is 11.7 Å². The SMILES string of the molecule is CC(C)(C)OC(=O)Nc1ccc(-c2cccs2)cc1CC(=O)c1cc(C2CC2)c2c(ccn2CCN2CCOCC2)c1. The van der Waals surface area contributed by atoms with Crippen molar-refractivity contribution in [2.24, 2.45) is 0 Å². The zero-order valence-electron chi connectivity index (χ0n) is 24.7. The zero-order valence-corrected chi connectivity index (χ0v) is 25.5. The Morgan fingerprint density at radius 1 is 1.05 bits per heavy atom.